The molecule has 0 saturated carbocycles. The second-order valence-corrected chi connectivity index (χ2v) is 2.73. The maximum atomic E-state index is 11.6. The molecule has 0 bridgehead atoms. The summed E-state index contributed by atoms with van der Waals surface area (Å²) in [6.07, 6.45) is 2.70. The molecule has 0 aliphatic carbocycles. The summed E-state index contributed by atoms with van der Waals surface area (Å²) in [5.41, 5.74) is 0.609. The summed E-state index contributed by atoms with van der Waals surface area (Å²) in [4.78, 5) is 13.0. The van der Waals surface area contributed by atoms with Crippen molar-refractivity contribution in [2.45, 2.75) is 0 Å². The number of hydrogen-bond donors (Lipinski definition) is 0. The number of carbonyl (C=O) groups excluding carboxylic acids is 1. The average molecular weight is 186 g/mol. The van der Waals surface area contributed by atoms with E-state index in [1.54, 1.807) is 31.3 Å². The van der Waals surface area contributed by atoms with E-state index in [9.17, 15) is 4.79 Å². The molecule has 1 rings (SSSR count). The van der Waals surface area contributed by atoms with Crippen molar-refractivity contribution >= 4 is 5.91 Å². The van der Waals surface area contributed by atoms with Gasteiger partial charge in [-0.15, -0.1) is 0 Å². The Morgan fingerprint density at radius 1 is 1.43 bits per heavy atom. The van der Waals surface area contributed by atoms with Crippen molar-refractivity contribution in [3.63, 3.8) is 0 Å². The standard InChI is InChI=1S/C11H10N2O/c1-13(9-5-8-12)11(14)10-6-3-2-4-7-10/h2-7,9H,1H3/b9-5+. The van der Waals surface area contributed by atoms with E-state index in [-0.39, 0.29) is 5.91 Å². The zero-order chi connectivity index (χ0) is 10.4. The predicted molar refractivity (Wildman–Crippen MR) is 53.3 cm³/mol. The molecule has 0 N–H and O–H groups in total. The van der Waals surface area contributed by atoms with E-state index in [0.29, 0.717) is 5.56 Å². The van der Waals surface area contributed by atoms with Crippen molar-refractivity contribution < 1.29 is 4.79 Å². The van der Waals surface area contributed by atoms with Gasteiger partial charge in [-0.05, 0) is 12.1 Å². The number of nitriles is 1. The van der Waals surface area contributed by atoms with Crippen molar-refractivity contribution in [3.8, 4) is 6.07 Å². The maximum Gasteiger partial charge on any atom is 0.257 e. The highest BCUT2D eigenvalue weighted by atomic mass is 16.2. The third kappa shape index (κ3) is 2.46. The maximum absolute atomic E-state index is 11.6. The molecule has 0 saturated heterocycles. The summed E-state index contributed by atoms with van der Waals surface area (Å²) >= 11 is 0. The molecule has 1 aromatic carbocycles. The van der Waals surface area contributed by atoms with E-state index >= 15 is 0 Å². The smallest absolute Gasteiger partial charge is 0.257 e. The van der Waals surface area contributed by atoms with E-state index in [1.165, 1.54) is 17.2 Å². The third-order valence-electron chi connectivity index (χ3n) is 1.71. The van der Waals surface area contributed by atoms with Crippen molar-refractivity contribution in [2.75, 3.05) is 7.05 Å². The summed E-state index contributed by atoms with van der Waals surface area (Å²) in [7, 11) is 1.61. The zero-order valence-corrected chi connectivity index (χ0v) is 7.84. The molecule has 0 heterocycles. The van der Waals surface area contributed by atoms with Crippen LogP contribution in [0.2, 0.25) is 0 Å². The number of allylic oxidation sites excluding steroid dienone is 1. The Bertz CT molecular complexity index is 376. The molecule has 1 aromatic rings. The van der Waals surface area contributed by atoms with Gasteiger partial charge in [-0.1, -0.05) is 18.2 Å². The van der Waals surface area contributed by atoms with Crippen LogP contribution < -0.4 is 0 Å². The Morgan fingerprint density at radius 3 is 2.64 bits per heavy atom. The molecule has 3 nitrogen and oxygen atoms in total. The quantitative estimate of drug-likeness (QED) is 0.661. The van der Waals surface area contributed by atoms with Gasteiger partial charge in [-0.2, -0.15) is 5.26 Å². The Balaban J connectivity index is 2.77. The van der Waals surface area contributed by atoms with Gasteiger partial charge in [0, 0.05) is 24.9 Å². The average Bonchev–Trinajstić information content (AvgIpc) is 2.26. The van der Waals surface area contributed by atoms with Gasteiger partial charge in [-0.3, -0.25) is 4.79 Å². The number of rotatable bonds is 2. The fourth-order valence-electron chi connectivity index (χ4n) is 0.997. The summed E-state index contributed by atoms with van der Waals surface area (Å²) in [6.45, 7) is 0. The highest BCUT2D eigenvalue weighted by molar-refractivity contribution is 5.94. The lowest BCUT2D eigenvalue weighted by molar-refractivity contribution is 0.0850. The fraction of sp³-hybridized carbons (Fsp3) is 0.0909. The van der Waals surface area contributed by atoms with Crippen LogP contribution in [0, 0.1) is 11.3 Å². The van der Waals surface area contributed by atoms with Gasteiger partial charge in [0.1, 0.15) is 0 Å². The molecule has 0 aliphatic rings. The molecule has 14 heavy (non-hydrogen) atoms. The van der Waals surface area contributed by atoms with Gasteiger partial charge in [0.2, 0.25) is 0 Å². The van der Waals surface area contributed by atoms with Gasteiger partial charge in [0.25, 0.3) is 5.91 Å². The number of benzene rings is 1. The molecule has 0 spiro atoms. The first kappa shape index (κ1) is 10.0. The lowest BCUT2D eigenvalue weighted by Crippen LogP contribution is -2.20. The van der Waals surface area contributed by atoms with Crippen LogP contribution in [0.3, 0.4) is 0 Å². The Kier molecular flexibility index (Phi) is 3.45. The molecule has 0 radical (unpaired) electrons. The van der Waals surface area contributed by atoms with Crippen molar-refractivity contribution in [1.82, 2.24) is 4.90 Å². The highest BCUT2D eigenvalue weighted by Gasteiger charge is 2.07. The van der Waals surface area contributed by atoms with Gasteiger partial charge in [-0.25, -0.2) is 0 Å². The van der Waals surface area contributed by atoms with Gasteiger partial charge in [0.05, 0.1) is 6.07 Å². The van der Waals surface area contributed by atoms with E-state index in [0.717, 1.165) is 0 Å². The number of hydrogen-bond acceptors (Lipinski definition) is 2. The SMILES string of the molecule is CN(/C=C/C#N)C(=O)c1ccccc1. The lowest BCUT2D eigenvalue weighted by Gasteiger charge is -2.10. The van der Waals surface area contributed by atoms with Crippen LogP contribution >= 0.6 is 0 Å². The third-order valence-corrected chi connectivity index (χ3v) is 1.71. The predicted octanol–water partition coefficient (Wildman–Crippen LogP) is 1.80. The molecule has 0 aromatic heterocycles. The number of amides is 1. The minimum absolute atomic E-state index is 0.128. The van der Waals surface area contributed by atoms with Crippen molar-refractivity contribution in [2.24, 2.45) is 0 Å². The fourth-order valence-corrected chi connectivity index (χ4v) is 0.997. The van der Waals surface area contributed by atoms with Crippen LogP contribution in [0.25, 0.3) is 0 Å². The van der Waals surface area contributed by atoms with Crippen LogP contribution in [0.15, 0.2) is 42.6 Å². The number of carbonyl (C=O) groups is 1. The van der Waals surface area contributed by atoms with Gasteiger partial charge >= 0.3 is 0 Å². The second-order valence-electron chi connectivity index (χ2n) is 2.73. The molecular formula is C11H10N2O. The van der Waals surface area contributed by atoms with Gasteiger partial charge < -0.3 is 4.90 Å². The number of nitrogens with zero attached hydrogens (tertiary/aromatic N) is 2. The minimum atomic E-state index is -0.128. The molecular weight excluding hydrogens is 176 g/mol. The van der Waals surface area contributed by atoms with Crippen molar-refractivity contribution in [1.29, 1.82) is 5.26 Å². The Hall–Kier alpha value is -2.08. The minimum Gasteiger partial charge on any atom is -0.317 e. The van der Waals surface area contributed by atoms with Crippen molar-refractivity contribution in [3.05, 3.63) is 48.2 Å². The van der Waals surface area contributed by atoms with E-state index in [4.69, 9.17) is 5.26 Å². The normalized spacial score (nSPS) is 9.71. The van der Waals surface area contributed by atoms with Crippen LogP contribution in [0.5, 0.6) is 0 Å². The molecule has 0 fully saturated rings. The molecule has 0 atom stereocenters. The summed E-state index contributed by atoms with van der Waals surface area (Å²) < 4.78 is 0. The van der Waals surface area contributed by atoms with Crippen LogP contribution in [-0.2, 0) is 0 Å². The van der Waals surface area contributed by atoms with Gasteiger partial charge in [0.15, 0.2) is 0 Å². The van der Waals surface area contributed by atoms with Crippen LogP contribution in [0.4, 0.5) is 0 Å². The first-order valence-corrected chi connectivity index (χ1v) is 4.14. The first-order valence-electron chi connectivity index (χ1n) is 4.14. The molecule has 3 heteroatoms. The highest BCUT2D eigenvalue weighted by Crippen LogP contribution is 2.02. The Morgan fingerprint density at radius 2 is 2.07 bits per heavy atom. The zero-order valence-electron chi connectivity index (χ0n) is 7.84. The topological polar surface area (TPSA) is 44.1 Å². The summed E-state index contributed by atoms with van der Waals surface area (Å²) in [6, 6.07) is 10.8. The summed E-state index contributed by atoms with van der Waals surface area (Å²) in [5.74, 6) is -0.128. The van der Waals surface area contributed by atoms with Crippen LogP contribution in [0.1, 0.15) is 10.4 Å². The molecule has 0 unspecified atom stereocenters. The molecule has 1 amide bonds. The molecule has 70 valence electrons. The largest absolute Gasteiger partial charge is 0.317 e. The molecule has 0 aliphatic heterocycles. The van der Waals surface area contributed by atoms with E-state index in [2.05, 4.69) is 0 Å². The summed E-state index contributed by atoms with van der Waals surface area (Å²) in [5, 5.41) is 8.29. The van der Waals surface area contributed by atoms with E-state index < -0.39 is 0 Å². The Labute approximate surface area is 82.9 Å². The lowest BCUT2D eigenvalue weighted by atomic mass is 10.2. The first-order chi connectivity index (χ1) is 6.75. The van der Waals surface area contributed by atoms with Crippen LogP contribution in [-0.4, -0.2) is 17.9 Å². The second kappa shape index (κ2) is 4.83. The van der Waals surface area contributed by atoms with E-state index in [1.807, 2.05) is 12.1 Å². The monoisotopic (exact) mass is 186 g/mol.